The van der Waals surface area contributed by atoms with Crippen LogP contribution < -0.4 is 5.32 Å². The summed E-state index contributed by atoms with van der Waals surface area (Å²) in [5, 5.41) is 2.97. The number of aryl methyl sites for hydroxylation is 2. The second-order valence-corrected chi connectivity index (χ2v) is 10.3. The first kappa shape index (κ1) is 24.7. The second-order valence-electron chi connectivity index (χ2n) is 8.38. The van der Waals surface area contributed by atoms with Crippen molar-refractivity contribution in [3.05, 3.63) is 102 Å². The van der Waals surface area contributed by atoms with Crippen LogP contribution in [0.15, 0.2) is 89.8 Å². The molecule has 0 saturated heterocycles. The van der Waals surface area contributed by atoms with Crippen LogP contribution in [0.4, 0.5) is 0 Å². The van der Waals surface area contributed by atoms with Crippen molar-refractivity contribution in [2.24, 2.45) is 0 Å². The minimum absolute atomic E-state index is 0.0595. The van der Waals surface area contributed by atoms with Gasteiger partial charge in [-0.2, -0.15) is 4.31 Å². The molecule has 0 bridgehead atoms. The van der Waals surface area contributed by atoms with Crippen LogP contribution in [0, 0.1) is 6.92 Å². The smallest absolute Gasteiger partial charge is 0.243 e. The Morgan fingerprint density at radius 1 is 0.848 bits per heavy atom. The lowest BCUT2D eigenvalue weighted by molar-refractivity contribution is -0.121. The van der Waals surface area contributed by atoms with Gasteiger partial charge in [-0.1, -0.05) is 78.4 Å². The number of nitrogens with one attached hydrogen (secondary N) is 1. The Morgan fingerprint density at radius 3 is 1.97 bits per heavy atom. The molecule has 0 heterocycles. The number of hydrogen-bond acceptors (Lipinski definition) is 3. The maximum absolute atomic E-state index is 13.3. The van der Waals surface area contributed by atoms with Crippen molar-refractivity contribution in [3.8, 4) is 0 Å². The minimum Gasteiger partial charge on any atom is -0.352 e. The highest BCUT2D eigenvalue weighted by Crippen LogP contribution is 2.17. The van der Waals surface area contributed by atoms with Crippen LogP contribution in [0.5, 0.6) is 0 Å². The minimum atomic E-state index is -3.80. The molecule has 174 valence electrons. The fourth-order valence-electron chi connectivity index (χ4n) is 3.62. The highest BCUT2D eigenvalue weighted by Gasteiger charge is 2.26. The normalized spacial score (nSPS) is 12.5. The Labute approximate surface area is 197 Å². The number of benzene rings is 3. The highest BCUT2D eigenvalue weighted by molar-refractivity contribution is 7.89. The molecular weight excluding hydrogens is 432 g/mol. The third-order valence-electron chi connectivity index (χ3n) is 5.59. The first-order chi connectivity index (χ1) is 15.8. The van der Waals surface area contributed by atoms with Crippen molar-refractivity contribution in [1.82, 2.24) is 9.62 Å². The number of nitrogens with zero attached hydrogens (tertiary/aromatic N) is 1. The summed E-state index contributed by atoms with van der Waals surface area (Å²) in [6.45, 7) is 3.88. The van der Waals surface area contributed by atoms with E-state index < -0.39 is 10.0 Å². The van der Waals surface area contributed by atoms with Crippen molar-refractivity contribution in [2.75, 3.05) is 13.1 Å². The van der Waals surface area contributed by atoms with Gasteiger partial charge in [0, 0.05) is 12.6 Å². The molecule has 5 nitrogen and oxygen atoms in total. The maximum atomic E-state index is 13.3. The molecule has 0 radical (unpaired) electrons. The van der Waals surface area contributed by atoms with Crippen LogP contribution in [-0.4, -0.2) is 37.8 Å². The van der Waals surface area contributed by atoms with Crippen molar-refractivity contribution < 1.29 is 13.2 Å². The summed E-state index contributed by atoms with van der Waals surface area (Å²) >= 11 is 0. The lowest BCUT2D eigenvalue weighted by atomic mass is 10.1. The van der Waals surface area contributed by atoms with E-state index in [2.05, 4.69) is 17.4 Å². The molecule has 0 unspecified atom stereocenters. The number of carbonyl (C=O) groups excluding carboxylic acids is 1. The molecule has 3 aromatic carbocycles. The highest BCUT2D eigenvalue weighted by atomic mass is 32.2. The van der Waals surface area contributed by atoms with Crippen molar-refractivity contribution in [2.45, 2.75) is 44.0 Å². The second kappa shape index (κ2) is 11.8. The summed E-state index contributed by atoms with van der Waals surface area (Å²) in [5.41, 5.74) is 3.22. The molecule has 3 rings (SSSR count). The van der Waals surface area contributed by atoms with E-state index in [0.717, 1.165) is 24.0 Å². The molecule has 0 saturated carbocycles. The van der Waals surface area contributed by atoms with Crippen molar-refractivity contribution in [3.63, 3.8) is 0 Å². The van der Waals surface area contributed by atoms with Crippen LogP contribution in [0.25, 0.3) is 0 Å². The molecule has 0 aliphatic heterocycles. The summed E-state index contributed by atoms with van der Waals surface area (Å²) < 4.78 is 28.0. The van der Waals surface area contributed by atoms with E-state index in [1.165, 1.54) is 9.87 Å². The predicted molar refractivity (Wildman–Crippen MR) is 132 cm³/mol. The van der Waals surface area contributed by atoms with Crippen LogP contribution in [0.1, 0.15) is 30.0 Å². The van der Waals surface area contributed by atoms with E-state index in [1.54, 1.807) is 24.3 Å². The summed E-state index contributed by atoms with van der Waals surface area (Å²) in [6, 6.07) is 26.5. The van der Waals surface area contributed by atoms with Gasteiger partial charge < -0.3 is 5.32 Å². The summed E-state index contributed by atoms with van der Waals surface area (Å²) in [6.07, 6.45) is 2.16. The van der Waals surface area contributed by atoms with Gasteiger partial charge in [0.05, 0.1) is 11.4 Å². The largest absolute Gasteiger partial charge is 0.352 e. The van der Waals surface area contributed by atoms with Gasteiger partial charge in [0.2, 0.25) is 15.9 Å². The lowest BCUT2D eigenvalue weighted by Gasteiger charge is -2.23. The van der Waals surface area contributed by atoms with E-state index in [9.17, 15) is 13.2 Å². The summed E-state index contributed by atoms with van der Waals surface area (Å²) in [5.74, 6) is -0.292. The van der Waals surface area contributed by atoms with Crippen LogP contribution in [-0.2, 0) is 27.7 Å². The first-order valence-electron chi connectivity index (χ1n) is 11.3. The van der Waals surface area contributed by atoms with E-state index in [1.807, 2.05) is 62.4 Å². The van der Waals surface area contributed by atoms with Gasteiger partial charge in [0.1, 0.15) is 0 Å². The lowest BCUT2D eigenvalue weighted by Crippen LogP contribution is -2.44. The molecule has 1 N–H and O–H groups in total. The molecule has 0 aliphatic rings. The van der Waals surface area contributed by atoms with E-state index >= 15 is 0 Å². The average Bonchev–Trinajstić information content (AvgIpc) is 2.82. The van der Waals surface area contributed by atoms with Crippen LogP contribution in [0.2, 0.25) is 0 Å². The quantitative estimate of drug-likeness (QED) is 0.458. The number of hydrogen-bond donors (Lipinski definition) is 1. The molecule has 0 aliphatic carbocycles. The molecule has 6 heteroatoms. The molecule has 0 aromatic heterocycles. The monoisotopic (exact) mass is 464 g/mol. The molecule has 0 fully saturated rings. The number of sulfonamides is 1. The number of carbonyl (C=O) groups is 1. The summed E-state index contributed by atoms with van der Waals surface area (Å²) in [7, 11) is -3.80. The molecule has 33 heavy (non-hydrogen) atoms. The molecule has 1 amide bonds. The van der Waals surface area contributed by atoms with E-state index in [4.69, 9.17) is 0 Å². The van der Waals surface area contributed by atoms with Crippen LogP contribution in [0.3, 0.4) is 0 Å². The average molecular weight is 465 g/mol. The Morgan fingerprint density at radius 2 is 1.39 bits per heavy atom. The molecule has 1 atom stereocenters. The topological polar surface area (TPSA) is 66.5 Å². The van der Waals surface area contributed by atoms with Gasteiger partial charge >= 0.3 is 0 Å². The van der Waals surface area contributed by atoms with Gasteiger partial charge in [-0.05, 0) is 56.4 Å². The predicted octanol–water partition coefficient (Wildman–Crippen LogP) is 4.37. The van der Waals surface area contributed by atoms with Gasteiger partial charge in [-0.25, -0.2) is 8.42 Å². The molecular formula is C27H32N2O3S. The van der Waals surface area contributed by atoms with Gasteiger partial charge in [0.25, 0.3) is 0 Å². The van der Waals surface area contributed by atoms with Crippen LogP contribution >= 0.6 is 0 Å². The number of amides is 1. The van der Waals surface area contributed by atoms with Gasteiger partial charge in [-0.15, -0.1) is 0 Å². The van der Waals surface area contributed by atoms with E-state index in [-0.39, 0.29) is 29.9 Å². The Hall–Kier alpha value is -2.96. The third-order valence-corrected chi connectivity index (χ3v) is 7.45. The maximum Gasteiger partial charge on any atom is 0.243 e. The zero-order valence-electron chi connectivity index (χ0n) is 19.3. The Kier molecular flexibility index (Phi) is 8.80. The Bertz CT molecular complexity index is 1120. The van der Waals surface area contributed by atoms with E-state index in [0.29, 0.717) is 6.42 Å². The fraction of sp³-hybridized carbons (Fsp3) is 0.296. The van der Waals surface area contributed by atoms with Crippen molar-refractivity contribution >= 4 is 15.9 Å². The first-order valence-corrected chi connectivity index (χ1v) is 12.7. The molecule has 3 aromatic rings. The zero-order valence-corrected chi connectivity index (χ0v) is 20.1. The SMILES string of the molecule is Cc1ccc(S(=O)(=O)N(CCc2ccccc2)CC(=O)N[C@@H](C)CCc2ccccc2)cc1. The van der Waals surface area contributed by atoms with Crippen molar-refractivity contribution in [1.29, 1.82) is 0 Å². The molecule has 0 spiro atoms. The van der Waals surface area contributed by atoms with Gasteiger partial charge in [-0.3, -0.25) is 4.79 Å². The fourth-order valence-corrected chi connectivity index (χ4v) is 5.02. The third kappa shape index (κ3) is 7.55. The van der Waals surface area contributed by atoms with Gasteiger partial charge in [0.15, 0.2) is 0 Å². The number of rotatable bonds is 11. The zero-order chi connectivity index (χ0) is 23.7. The standard InChI is InChI=1S/C27H32N2O3S/c1-22-13-17-26(18-14-22)33(31,32)29(20-19-25-11-7-4-8-12-25)21-27(30)28-23(2)15-16-24-9-5-3-6-10-24/h3-14,17-18,23H,15-16,19-21H2,1-2H3,(H,28,30)/t23-/m0/s1. The Balaban J connectivity index is 1.67. The summed E-state index contributed by atoms with van der Waals surface area (Å²) in [4.78, 5) is 13.0.